The first-order valence-corrected chi connectivity index (χ1v) is 19.9. The highest BCUT2D eigenvalue weighted by atomic mass is 35.5. The number of aliphatic hydroxyl groups excluding tert-OH is 3. The number of nitrogens with zero attached hydrogens (tertiary/aromatic N) is 2. The number of carbonyl (C=O) groups excluding carboxylic acids is 3. The number of amides is 3. The number of ether oxygens (including phenoxy) is 2. The maximum absolute atomic E-state index is 15.1. The van der Waals surface area contributed by atoms with Crippen LogP contribution in [0.2, 0.25) is 0 Å². The molecule has 3 aliphatic rings. The summed E-state index contributed by atoms with van der Waals surface area (Å²) in [5.41, 5.74) is 11.2. The molecule has 2 aliphatic heterocycles. The number of aliphatic imine (C=N–C) groups is 1. The van der Waals surface area contributed by atoms with Crippen LogP contribution in [0.15, 0.2) is 35.3 Å². The number of carbonyl (C=O) groups is 3. The lowest BCUT2D eigenvalue weighted by atomic mass is 9.84. The van der Waals surface area contributed by atoms with E-state index >= 15 is 4.79 Å². The molecule has 0 aromatic heterocycles. The van der Waals surface area contributed by atoms with Crippen molar-refractivity contribution in [2.75, 3.05) is 19.7 Å². The quantitative estimate of drug-likeness (QED) is 0.0306. The van der Waals surface area contributed by atoms with E-state index in [0.717, 1.165) is 0 Å². The van der Waals surface area contributed by atoms with E-state index in [1.54, 1.807) is 44.2 Å². The summed E-state index contributed by atoms with van der Waals surface area (Å²) in [4.78, 5) is 48.3. The number of aliphatic hydroxyl groups is 3. The van der Waals surface area contributed by atoms with Crippen LogP contribution in [0.4, 0.5) is 0 Å². The van der Waals surface area contributed by atoms with Gasteiger partial charge in [0.15, 0.2) is 18.4 Å². The summed E-state index contributed by atoms with van der Waals surface area (Å²) >= 11 is 6.62. The fraction of sp³-hybridized carbons (Fsp3) is 0.706. The Labute approximate surface area is 319 Å². The van der Waals surface area contributed by atoms with Crippen molar-refractivity contribution in [2.45, 2.75) is 119 Å². The molecule has 3 fully saturated rings. The molecule has 18 nitrogen and oxygen atoms in total. The van der Waals surface area contributed by atoms with E-state index in [1.807, 2.05) is 0 Å². The van der Waals surface area contributed by atoms with Crippen LogP contribution in [-0.2, 0) is 44.9 Å². The second kappa shape index (κ2) is 19.6. The van der Waals surface area contributed by atoms with Crippen molar-refractivity contribution in [1.29, 1.82) is 0 Å². The molecule has 20 heteroatoms. The molecule has 4 unspecified atom stereocenters. The molecule has 1 saturated carbocycles. The van der Waals surface area contributed by atoms with Crippen molar-refractivity contribution in [3.63, 3.8) is 0 Å². The van der Waals surface area contributed by atoms with Gasteiger partial charge in [0.25, 0.3) is 5.91 Å². The average molecular weight is 805 g/mol. The van der Waals surface area contributed by atoms with Crippen LogP contribution in [0, 0.1) is 11.8 Å². The molecule has 1 aromatic rings. The lowest BCUT2D eigenvalue weighted by Crippen LogP contribution is -2.64. The largest absolute Gasteiger partial charge is 0.398 e. The SMILES string of the molecule is CC(C)[C@@H](O[C@H]1OC[C@@H](O)[C@H](O)[C@H]1O)[C@H](NC(=O)[C@@H](Cc1ccccc1)OS(=O)(=O)O)C(=O)N1C(C(=O)NCCCCN=C(N)N)CC2CCC(Cl)CC21. The Morgan fingerprint density at radius 1 is 1.07 bits per heavy atom. The van der Waals surface area contributed by atoms with Crippen molar-refractivity contribution in [3.05, 3.63) is 35.9 Å². The van der Waals surface area contributed by atoms with Crippen molar-refractivity contribution in [1.82, 2.24) is 15.5 Å². The van der Waals surface area contributed by atoms with Gasteiger partial charge < -0.3 is 51.8 Å². The van der Waals surface area contributed by atoms with Crippen molar-refractivity contribution < 1.29 is 56.3 Å². The predicted molar refractivity (Wildman–Crippen MR) is 195 cm³/mol. The van der Waals surface area contributed by atoms with Crippen molar-refractivity contribution in [3.8, 4) is 0 Å². The number of likely N-dealkylation sites (tertiary alicyclic amines) is 1. The summed E-state index contributed by atoms with van der Waals surface area (Å²) in [6.45, 7) is 3.53. The number of hydrogen-bond acceptors (Lipinski definition) is 12. The summed E-state index contributed by atoms with van der Waals surface area (Å²) in [6, 6.07) is 5.07. The van der Waals surface area contributed by atoms with E-state index in [9.17, 15) is 37.9 Å². The van der Waals surface area contributed by atoms with E-state index in [4.69, 9.17) is 36.7 Å². The standard InChI is InChI=1S/C34H53ClN6O12S/c1-18(2)29(52-33-28(44)27(43)24(42)17-51-33)26(40-31(46)25(53-54(48,49)50)14-19-8-4-3-5-9-19)32(47)41-22-16-21(35)11-10-20(22)15-23(41)30(45)38-12-6-7-13-39-34(36)37/h3-5,8-9,18,20-29,33,42-44H,6-7,10-17H2,1-2H3,(H,38,45)(H,40,46)(H4,36,37,39)(H,48,49,50)/t20?,21?,22?,23?,24-,25-,26+,27+,28-,29-,33-/m1/s1. The lowest BCUT2D eigenvalue weighted by Gasteiger charge is -2.42. The van der Waals surface area contributed by atoms with E-state index in [0.29, 0.717) is 50.6 Å². The first-order chi connectivity index (χ1) is 25.5. The van der Waals surface area contributed by atoms with Gasteiger partial charge in [0.05, 0.1) is 12.7 Å². The first-order valence-electron chi connectivity index (χ1n) is 18.1. The fourth-order valence-corrected chi connectivity index (χ4v) is 8.00. The summed E-state index contributed by atoms with van der Waals surface area (Å²) in [5, 5.41) is 36.3. The maximum atomic E-state index is 15.1. The lowest BCUT2D eigenvalue weighted by molar-refractivity contribution is -0.288. The maximum Gasteiger partial charge on any atom is 0.398 e. The summed E-state index contributed by atoms with van der Waals surface area (Å²) in [6.07, 6.45) is -6.83. The highest BCUT2D eigenvalue weighted by Gasteiger charge is 2.52. The minimum absolute atomic E-state index is 0.0427. The fourth-order valence-electron chi connectivity index (χ4n) is 7.24. The Morgan fingerprint density at radius 2 is 1.78 bits per heavy atom. The van der Waals surface area contributed by atoms with Gasteiger partial charge in [0.2, 0.25) is 11.8 Å². The minimum atomic E-state index is -5.18. The molecule has 4 rings (SSSR count). The Hall–Kier alpha value is -3.14. The molecule has 11 atom stereocenters. The smallest absolute Gasteiger partial charge is 0.388 e. The third kappa shape index (κ3) is 11.9. The molecule has 0 radical (unpaired) electrons. The third-order valence-electron chi connectivity index (χ3n) is 9.94. The van der Waals surface area contributed by atoms with Crippen LogP contribution < -0.4 is 22.1 Å². The van der Waals surface area contributed by atoms with E-state index in [2.05, 4.69) is 15.6 Å². The van der Waals surface area contributed by atoms with Gasteiger partial charge in [-0.2, -0.15) is 8.42 Å². The van der Waals surface area contributed by atoms with Crippen molar-refractivity contribution in [2.24, 2.45) is 28.3 Å². The van der Waals surface area contributed by atoms with Gasteiger partial charge in [0, 0.05) is 30.9 Å². The van der Waals surface area contributed by atoms with Crippen LogP contribution in [0.5, 0.6) is 0 Å². The zero-order valence-corrected chi connectivity index (χ0v) is 31.8. The number of nitrogens with one attached hydrogen (secondary N) is 2. The molecule has 54 heavy (non-hydrogen) atoms. The molecule has 0 bridgehead atoms. The second-order valence-electron chi connectivity index (χ2n) is 14.3. The van der Waals surface area contributed by atoms with Gasteiger partial charge in [-0.15, -0.1) is 11.6 Å². The van der Waals surface area contributed by atoms with Gasteiger partial charge >= 0.3 is 10.4 Å². The number of guanidine groups is 1. The molecule has 3 amide bonds. The molecule has 10 N–H and O–H groups in total. The molecular weight excluding hydrogens is 752 g/mol. The number of unbranched alkanes of at least 4 members (excludes halogenated alkanes) is 1. The number of nitrogens with two attached hydrogens (primary N) is 2. The number of rotatable bonds is 17. The van der Waals surface area contributed by atoms with E-state index in [1.165, 1.54) is 4.90 Å². The van der Waals surface area contributed by atoms with Crippen LogP contribution in [-0.4, -0.2) is 137 Å². The minimum Gasteiger partial charge on any atom is -0.388 e. The Kier molecular flexibility index (Phi) is 15.8. The molecule has 1 aromatic carbocycles. The zero-order valence-electron chi connectivity index (χ0n) is 30.3. The van der Waals surface area contributed by atoms with Gasteiger partial charge in [-0.3, -0.25) is 23.9 Å². The Balaban J connectivity index is 1.70. The predicted octanol–water partition coefficient (Wildman–Crippen LogP) is -1.07. The summed E-state index contributed by atoms with van der Waals surface area (Å²) < 4.78 is 49.9. The van der Waals surface area contributed by atoms with E-state index in [-0.39, 0.29) is 30.2 Å². The van der Waals surface area contributed by atoms with Gasteiger partial charge in [0.1, 0.15) is 30.4 Å². The number of halogens is 1. The Morgan fingerprint density at radius 3 is 2.43 bits per heavy atom. The highest BCUT2D eigenvalue weighted by Crippen LogP contribution is 2.42. The van der Waals surface area contributed by atoms with Crippen LogP contribution in [0.1, 0.15) is 57.9 Å². The second-order valence-corrected chi connectivity index (χ2v) is 16.0. The summed E-state index contributed by atoms with van der Waals surface area (Å²) in [5.74, 6) is -3.08. The normalized spacial score (nSPS) is 28.8. The molecule has 2 saturated heterocycles. The van der Waals surface area contributed by atoms with Gasteiger partial charge in [-0.1, -0.05) is 44.2 Å². The van der Waals surface area contributed by atoms with Crippen molar-refractivity contribution >= 4 is 45.7 Å². The van der Waals surface area contributed by atoms with Crippen LogP contribution in [0.3, 0.4) is 0 Å². The van der Waals surface area contributed by atoms with E-state index < -0.39 is 95.6 Å². The van der Waals surface area contributed by atoms with Crippen LogP contribution >= 0.6 is 11.6 Å². The van der Waals surface area contributed by atoms with Gasteiger partial charge in [-0.05, 0) is 55.9 Å². The summed E-state index contributed by atoms with van der Waals surface area (Å²) in [7, 11) is -5.18. The topological polar surface area (TPSA) is 286 Å². The number of alkyl halides is 1. The third-order valence-corrected chi connectivity index (χ3v) is 10.8. The monoisotopic (exact) mass is 804 g/mol. The molecular formula is C34H53ClN6O12S. The Bertz CT molecular complexity index is 1550. The first kappa shape index (κ1) is 43.6. The molecule has 0 spiro atoms. The molecule has 2 heterocycles. The molecule has 304 valence electrons. The molecule has 1 aliphatic carbocycles. The number of benzene rings is 1. The number of hydrogen-bond donors (Lipinski definition) is 8. The average Bonchev–Trinajstić information content (AvgIpc) is 3.48. The number of fused-ring (bicyclic) bond motifs is 1. The van der Waals surface area contributed by atoms with Crippen LogP contribution in [0.25, 0.3) is 0 Å². The zero-order chi connectivity index (χ0) is 39.7. The van der Waals surface area contributed by atoms with Gasteiger partial charge in [-0.25, -0.2) is 4.18 Å². The highest BCUT2D eigenvalue weighted by molar-refractivity contribution is 7.80.